The number of hydrogen-bond acceptors (Lipinski definition) is 2. The van der Waals surface area contributed by atoms with E-state index in [1.54, 1.807) is 6.07 Å². The Morgan fingerprint density at radius 2 is 1.95 bits per heavy atom. The van der Waals surface area contributed by atoms with Gasteiger partial charge in [0.15, 0.2) is 0 Å². The van der Waals surface area contributed by atoms with Crippen molar-refractivity contribution in [1.82, 2.24) is 0 Å². The minimum atomic E-state index is -0.143. The third-order valence-corrected chi connectivity index (χ3v) is 2.71. The molecule has 20 heavy (non-hydrogen) atoms. The van der Waals surface area contributed by atoms with Crippen molar-refractivity contribution in [2.45, 2.75) is 6.92 Å². The van der Waals surface area contributed by atoms with Gasteiger partial charge in [-0.2, -0.15) is 0 Å². The normalized spacial score (nSPS) is 9.50. The van der Waals surface area contributed by atoms with E-state index in [0.717, 1.165) is 16.8 Å². The molecule has 3 nitrogen and oxygen atoms in total. The van der Waals surface area contributed by atoms with Gasteiger partial charge in [-0.1, -0.05) is 30.0 Å². The summed E-state index contributed by atoms with van der Waals surface area (Å²) in [5.41, 5.74) is 8.52. The standard InChI is InChI=1S/C17H16N2O/c1-13-10-14(6-5-9-18)12-15(11-13)17(20)19-16-7-3-2-4-8-16/h2-4,7-8,10-12H,9,18H2,1H3,(H,19,20). The van der Waals surface area contributed by atoms with Crippen molar-refractivity contribution in [1.29, 1.82) is 0 Å². The first-order chi connectivity index (χ1) is 9.69. The molecule has 0 aliphatic carbocycles. The summed E-state index contributed by atoms with van der Waals surface area (Å²) in [5, 5.41) is 2.86. The quantitative estimate of drug-likeness (QED) is 0.819. The number of benzene rings is 2. The number of aryl methyl sites for hydroxylation is 1. The number of amides is 1. The Kier molecular flexibility index (Phi) is 4.54. The molecule has 0 saturated carbocycles. The van der Waals surface area contributed by atoms with E-state index in [-0.39, 0.29) is 5.91 Å². The second-order valence-corrected chi connectivity index (χ2v) is 4.41. The SMILES string of the molecule is Cc1cc(C#CCN)cc(C(=O)Nc2ccccc2)c1. The maximum absolute atomic E-state index is 12.2. The van der Waals surface area contributed by atoms with Crippen molar-refractivity contribution in [3.05, 3.63) is 65.2 Å². The molecular weight excluding hydrogens is 248 g/mol. The minimum absolute atomic E-state index is 0.143. The summed E-state index contributed by atoms with van der Waals surface area (Å²) < 4.78 is 0. The van der Waals surface area contributed by atoms with E-state index < -0.39 is 0 Å². The lowest BCUT2D eigenvalue weighted by Crippen LogP contribution is -2.12. The number of carbonyl (C=O) groups is 1. The molecule has 0 radical (unpaired) electrons. The highest BCUT2D eigenvalue weighted by Crippen LogP contribution is 2.12. The number of nitrogens with one attached hydrogen (secondary N) is 1. The van der Waals surface area contributed by atoms with Crippen molar-refractivity contribution in [3.8, 4) is 11.8 Å². The largest absolute Gasteiger partial charge is 0.322 e. The van der Waals surface area contributed by atoms with Crippen LogP contribution in [-0.2, 0) is 0 Å². The van der Waals surface area contributed by atoms with E-state index in [1.807, 2.05) is 49.4 Å². The van der Waals surface area contributed by atoms with Crippen LogP contribution in [0.3, 0.4) is 0 Å². The molecule has 0 atom stereocenters. The molecule has 0 heterocycles. The van der Waals surface area contributed by atoms with E-state index in [4.69, 9.17) is 5.73 Å². The van der Waals surface area contributed by atoms with Gasteiger partial charge >= 0.3 is 0 Å². The first kappa shape index (κ1) is 13.9. The van der Waals surface area contributed by atoms with E-state index in [9.17, 15) is 4.79 Å². The molecule has 100 valence electrons. The van der Waals surface area contributed by atoms with Gasteiger partial charge in [0, 0.05) is 16.8 Å². The number of rotatable bonds is 2. The van der Waals surface area contributed by atoms with Gasteiger partial charge in [-0.15, -0.1) is 0 Å². The third-order valence-electron chi connectivity index (χ3n) is 2.71. The van der Waals surface area contributed by atoms with Gasteiger partial charge in [0.25, 0.3) is 5.91 Å². The van der Waals surface area contributed by atoms with Crippen LogP contribution < -0.4 is 11.1 Å². The van der Waals surface area contributed by atoms with Crippen LogP contribution in [0.2, 0.25) is 0 Å². The Bertz CT molecular complexity index is 666. The zero-order valence-corrected chi connectivity index (χ0v) is 11.3. The fourth-order valence-corrected chi connectivity index (χ4v) is 1.86. The summed E-state index contributed by atoms with van der Waals surface area (Å²) in [6.45, 7) is 2.24. The van der Waals surface area contributed by atoms with E-state index >= 15 is 0 Å². The summed E-state index contributed by atoms with van der Waals surface area (Å²) in [5.74, 6) is 5.60. The molecule has 2 aromatic rings. The molecule has 1 amide bonds. The lowest BCUT2D eigenvalue weighted by Gasteiger charge is -2.06. The first-order valence-corrected chi connectivity index (χ1v) is 6.36. The Labute approximate surface area is 118 Å². The highest BCUT2D eigenvalue weighted by atomic mass is 16.1. The minimum Gasteiger partial charge on any atom is -0.322 e. The lowest BCUT2D eigenvalue weighted by molar-refractivity contribution is 0.102. The van der Waals surface area contributed by atoms with Gasteiger partial charge in [0.1, 0.15) is 0 Å². The van der Waals surface area contributed by atoms with E-state index in [1.165, 1.54) is 0 Å². The van der Waals surface area contributed by atoms with Gasteiger partial charge < -0.3 is 11.1 Å². The molecule has 2 aromatic carbocycles. The fraction of sp³-hybridized carbons (Fsp3) is 0.118. The Hall–Kier alpha value is -2.57. The molecule has 3 N–H and O–H groups in total. The average molecular weight is 264 g/mol. The number of para-hydroxylation sites is 1. The van der Waals surface area contributed by atoms with Crippen LogP contribution in [0.1, 0.15) is 21.5 Å². The van der Waals surface area contributed by atoms with Crippen LogP contribution in [0.25, 0.3) is 0 Å². The molecule has 3 heteroatoms. The number of nitrogens with two attached hydrogens (primary N) is 1. The lowest BCUT2D eigenvalue weighted by atomic mass is 10.1. The van der Waals surface area contributed by atoms with Gasteiger partial charge in [-0.3, -0.25) is 4.79 Å². The van der Waals surface area contributed by atoms with E-state index in [0.29, 0.717) is 12.1 Å². The summed E-state index contributed by atoms with van der Waals surface area (Å²) >= 11 is 0. The highest BCUT2D eigenvalue weighted by molar-refractivity contribution is 6.04. The predicted molar refractivity (Wildman–Crippen MR) is 81.5 cm³/mol. The fourth-order valence-electron chi connectivity index (χ4n) is 1.86. The van der Waals surface area contributed by atoms with Gasteiger partial charge in [-0.25, -0.2) is 0 Å². The zero-order valence-electron chi connectivity index (χ0n) is 11.3. The molecule has 0 aliphatic heterocycles. The number of carbonyl (C=O) groups excluding carboxylic acids is 1. The van der Waals surface area contributed by atoms with Crippen LogP contribution in [0.4, 0.5) is 5.69 Å². The maximum atomic E-state index is 12.2. The zero-order chi connectivity index (χ0) is 14.4. The summed E-state index contributed by atoms with van der Waals surface area (Å²) in [4.78, 5) is 12.2. The Morgan fingerprint density at radius 3 is 2.65 bits per heavy atom. The second kappa shape index (κ2) is 6.55. The van der Waals surface area contributed by atoms with Crippen LogP contribution in [0, 0.1) is 18.8 Å². The Morgan fingerprint density at radius 1 is 1.20 bits per heavy atom. The van der Waals surface area contributed by atoms with E-state index in [2.05, 4.69) is 17.2 Å². The molecule has 2 rings (SSSR count). The Balaban J connectivity index is 2.23. The topological polar surface area (TPSA) is 55.1 Å². The smallest absolute Gasteiger partial charge is 0.255 e. The number of hydrogen-bond donors (Lipinski definition) is 2. The molecule has 0 unspecified atom stereocenters. The molecule has 0 spiro atoms. The molecule has 0 aliphatic rings. The second-order valence-electron chi connectivity index (χ2n) is 4.41. The first-order valence-electron chi connectivity index (χ1n) is 6.36. The van der Waals surface area contributed by atoms with Crippen molar-refractivity contribution in [2.24, 2.45) is 5.73 Å². The average Bonchev–Trinajstić information content (AvgIpc) is 2.45. The van der Waals surface area contributed by atoms with Crippen molar-refractivity contribution >= 4 is 11.6 Å². The van der Waals surface area contributed by atoms with Crippen molar-refractivity contribution < 1.29 is 4.79 Å². The van der Waals surface area contributed by atoms with Crippen LogP contribution in [0.5, 0.6) is 0 Å². The number of anilines is 1. The molecule has 0 saturated heterocycles. The molecule has 0 bridgehead atoms. The van der Waals surface area contributed by atoms with Crippen molar-refractivity contribution in [3.63, 3.8) is 0 Å². The summed E-state index contributed by atoms with van der Waals surface area (Å²) in [7, 11) is 0. The molecular formula is C17H16N2O. The highest BCUT2D eigenvalue weighted by Gasteiger charge is 2.07. The van der Waals surface area contributed by atoms with Gasteiger partial charge in [0.2, 0.25) is 0 Å². The monoisotopic (exact) mass is 264 g/mol. The molecule has 0 aromatic heterocycles. The van der Waals surface area contributed by atoms with Crippen molar-refractivity contribution in [2.75, 3.05) is 11.9 Å². The van der Waals surface area contributed by atoms with Gasteiger partial charge in [0.05, 0.1) is 6.54 Å². The van der Waals surface area contributed by atoms with Crippen LogP contribution in [-0.4, -0.2) is 12.5 Å². The van der Waals surface area contributed by atoms with Gasteiger partial charge in [-0.05, 0) is 42.8 Å². The van der Waals surface area contributed by atoms with Crippen LogP contribution >= 0.6 is 0 Å². The third kappa shape index (κ3) is 3.71. The van der Waals surface area contributed by atoms with Crippen LogP contribution in [0.15, 0.2) is 48.5 Å². The maximum Gasteiger partial charge on any atom is 0.255 e. The summed E-state index contributed by atoms with van der Waals surface area (Å²) in [6, 6.07) is 14.9. The predicted octanol–water partition coefficient (Wildman–Crippen LogP) is 2.56. The summed E-state index contributed by atoms with van der Waals surface area (Å²) in [6.07, 6.45) is 0. The molecule has 0 fully saturated rings.